The number of hydrogen-bond acceptors (Lipinski definition) is 3. The molecule has 0 fully saturated rings. The molecule has 13 aromatic rings. The lowest BCUT2D eigenvalue weighted by Gasteiger charge is -2.27. The molecule has 2 aromatic heterocycles. The Balaban J connectivity index is 1.12. The predicted octanol–water partition coefficient (Wildman–Crippen LogP) is 18.4. The van der Waals surface area contributed by atoms with E-state index in [2.05, 4.69) is 241 Å². The van der Waals surface area contributed by atoms with Crippen molar-refractivity contribution >= 4 is 92.1 Å². The third-order valence-corrected chi connectivity index (χ3v) is 14.3. The van der Waals surface area contributed by atoms with Crippen LogP contribution in [0, 0.1) is 0 Å². The SMILES string of the molecule is c1ccc(-c2ccc(-c3ccc(N(c4ccc(-c5ccccc5)cc4)c4cccc5c4sc4ccccc45)c4oc5c6ccccc6c(-c6cccc7ccccc67)cc5c34)cc2)cc1. The molecule has 11 aromatic carbocycles. The molecule has 65 heavy (non-hydrogen) atoms. The summed E-state index contributed by atoms with van der Waals surface area (Å²) in [5, 5.41) is 9.39. The van der Waals surface area contributed by atoms with Gasteiger partial charge in [-0.1, -0.05) is 200 Å². The summed E-state index contributed by atoms with van der Waals surface area (Å²) in [6, 6.07) is 85.8. The quantitative estimate of drug-likeness (QED) is 0.159. The third kappa shape index (κ3) is 6.16. The number of hydrogen-bond donors (Lipinski definition) is 0. The van der Waals surface area contributed by atoms with Crippen LogP contribution in [0.4, 0.5) is 17.1 Å². The van der Waals surface area contributed by atoms with E-state index < -0.39 is 0 Å². The van der Waals surface area contributed by atoms with Gasteiger partial charge in [0.05, 0.1) is 16.1 Å². The predicted molar refractivity (Wildman–Crippen MR) is 278 cm³/mol. The topological polar surface area (TPSA) is 16.4 Å². The summed E-state index contributed by atoms with van der Waals surface area (Å²) < 4.78 is 9.98. The first kappa shape index (κ1) is 37.3. The fourth-order valence-corrected chi connectivity index (χ4v) is 11.2. The Bertz CT molecular complexity index is 3920. The molecule has 3 heteroatoms. The number of fused-ring (bicyclic) bond motifs is 9. The number of anilines is 3. The molecule has 0 atom stereocenters. The van der Waals surface area contributed by atoms with E-state index in [1.807, 2.05) is 11.3 Å². The zero-order valence-electron chi connectivity index (χ0n) is 35.3. The highest BCUT2D eigenvalue weighted by atomic mass is 32.1. The van der Waals surface area contributed by atoms with Crippen molar-refractivity contribution in [1.82, 2.24) is 0 Å². The van der Waals surface area contributed by atoms with E-state index >= 15 is 0 Å². The largest absolute Gasteiger partial charge is 0.453 e. The van der Waals surface area contributed by atoms with Gasteiger partial charge in [-0.2, -0.15) is 0 Å². The molecule has 304 valence electrons. The van der Waals surface area contributed by atoms with Crippen molar-refractivity contribution in [2.24, 2.45) is 0 Å². The zero-order valence-corrected chi connectivity index (χ0v) is 36.1. The second-order valence-electron chi connectivity index (χ2n) is 16.8. The van der Waals surface area contributed by atoms with Gasteiger partial charge >= 0.3 is 0 Å². The summed E-state index contributed by atoms with van der Waals surface area (Å²) in [4.78, 5) is 2.42. The van der Waals surface area contributed by atoms with Crippen molar-refractivity contribution < 1.29 is 4.42 Å². The van der Waals surface area contributed by atoms with Gasteiger partial charge in [-0.05, 0) is 97.1 Å². The van der Waals surface area contributed by atoms with E-state index in [1.165, 1.54) is 64.3 Å². The van der Waals surface area contributed by atoms with E-state index in [1.54, 1.807) is 0 Å². The Labute approximate surface area is 380 Å². The highest BCUT2D eigenvalue weighted by Gasteiger charge is 2.26. The third-order valence-electron chi connectivity index (χ3n) is 13.1. The molecular formula is C62H39NOS. The standard InChI is InChI=1S/C62H39NOS/c1-3-15-40(16-4-1)42-29-31-45(32-30-42)48-37-38-56(61-59(48)55-39-54(50-22-9-10-24-52(50)60(55)64-61)49-25-13-20-44-19-7-8-21-47(44)49)63(46-35-33-43(34-36-46)41-17-5-2-6-18-41)57-27-14-26-53-51-23-11-12-28-58(51)65-62(53)57/h1-39H. The summed E-state index contributed by atoms with van der Waals surface area (Å²) in [5.41, 5.74) is 14.3. The van der Waals surface area contributed by atoms with Crippen molar-refractivity contribution in [2.45, 2.75) is 0 Å². The summed E-state index contributed by atoms with van der Waals surface area (Å²) in [7, 11) is 0. The van der Waals surface area contributed by atoms with Gasteiger partial charge in [0, 0.05) is 37.3 Å². The minimum Gasteiger partial charge on any atom is -0.453 e. The van der Waals surface area contributed by atoms with Crippen molar-refractivity contribution in [3.05, 3.63) is 237 Å². The molecule has 0 aliphatic carbocycles. The summed E-state index contributed by atoms with van der Waals surface area (Å²) in [6.07, 6.45) is 0. The van der Waals surface area contributed by atoms with E-state index in [0.717, 1.165) is 60.9 Å². The normalized spacial score (nSPS) is 11.7. The lowest BCUT2D eigenvalue weighted by atomic mass is 9.90. The maximum Gasteiger partial charge on any atom is 0.160 e. The maximum absolute atomic E-state index is 7.48. The van der Waals surface area contributed by atoms with Crippen LogP contribution in [0.5, 0.6) is 0 Å². The average molecular weight is 846 g/mol. The maximum atomic E-state index is 7.48. The molecule has 0 bridgehead atoms. The Morgan fingerprint density at radius 3 is 1.65 bits per heavy atom. The second-order valence-corrected chi connectivity index (χ2v) is 17.8. The van der Waals surface area contributed by atoms with Crippen LogP contribution in [0.2, 0.25) is 0 Å². The first-order valence-corrected chi connectivity index (χ1v) is 23.0. The van der Waals surface area contributed by atoms with Crippen molar-refractivity contribution in [1.29, 1.82) is 0 Å². The highest BCUT2D eigenvalue weighted by molar-refractivity contribution is 7.26. The van der Waals surface area contributed by atoms with E-state index in [9.17, 15) is 0 Å². The minimum atomic E-state index is 0.843. The van der Waals surface area contributed by atoms with Crippen LogP contribution in [0.25, 0.3) is 108 Å². The van der Waals surface area contributed by atoms with Crippen LogP contribution < -0.4 is 4.90 Å². The van der Waals surface area contributed by atoms with E-state index in [4.69, 9.17) is 4.42 Å². The lowest BCUT2D eigenvalue weighted by molar-refractivity contribution is 0.673. The molecule has 2 heterocycles. The molecule has 13 rings (SSSR count). The van der Waals surface area contributed by atoms with Crippen LogP contribution in [-0.2, 0) is 0 Å². The smallest absolute Gasteiger partial charge is 0.160 e. The molecule has 0 N–H and O–H groups in total. The zero-order chi connectivity index (χ0) is 42.8. The van der Waals surface area contributed by atoms with E-state index in [-0.39, 0.29) is 0 Å². The molecule has 0 saturated carbocycles. The van der Waals surface area contributed by atoms with Gasteiger partial charge in [0.25, 0.3) is 0 Å². The van der Waals surface area contributed by atoms with Crippen LogP contribution in [0.15, 0.2) is 241 Å². The molecular weight excluding hydrogens is 807 g/mol. The summed E-state index contributed by atoms with van der Waals surface area (Å²) in [5.74, 6) is 0. The highest BCUT2D eigenvalue weighted by Crippen LogP contribution is 2.51. The van der Waals surface area contributed by atoms with Crippen molar-refractivity contribution in [3.63, 3.8) is 0 Å². The Hall–Kier alpha value is -8.24. The molecule has 0 unspecified atom stereocenters. The van der Waals surface area contributed by atoms with Gasteiger partial charge in [-0.3, -0.25) is 0 Å². The fraction of sp³-hybridized carbons (Fsp3) is 0. The van der Waals surface area contributed by atoms with Crippen LogP contribution in [0.1, 0.15) is 0 Å². The van der Waals surface area contributed by atoms with Gasteiger partial charge < -0.3 is 9.32 Å². The van der Waals surface area contributed by atoms with Crippen molar-refractivity contribution in [2.75, 3.05) is 4.90 Å². The molecule has 0 radical (unpaired) electrons. The number of furan rings is 1. The molecule has 0 aliphatic rings. The molecule has 0 saturated heterocycles. The van der Waals surface area contributed by atoms with Gasteiger partial charge in [-0.15, -0.1) is 11.3 Å². The number of nitrogens with zero attached hydrogens (tertiary/aromatic N) is 1. The van der Waals surface area contributed by atoms with Crippen LogP contribution >= 0.6 is 11.3 Å². The van der Waals surface area contributed by atoms with Gasteiger partial charge in [0.15, 0.2) is 5.58 Å². The first-order valence-electron chi connectivity index (χ1n) is 22.2. The molecule has 0 amide bonds. The number of thiophene rings is 1. The second kappa shape index (κ2) is 15.2. The van der Waals surface area contributed by atoms with Gasteiger partial charge in [-0.25, -0.2) is 0 Å². The summed E-state index contributed by atoms with van der Waals surface area (Å²) >= 11 is 1.85. The average Bonchev–Trinajstić information content (AvgIpc) is 3.97. The fourth-order valence-electron chi connectivity index (χ4n) is 10.0. The number of rotatable bonds is 7. The van der Waals surface area contributed by atoms with Gasteiger partial charge in [0.2, 0.25) is 0 Å². The number of benzene rings is 11. The van der Waals surface area contributed by atoms with Crippen molar-refractivity contribution in [3.8, 4) is 44.5 Å². The Kier molecular flexibility index (Phi) is 8.75. The molecule has 0 aliphatic heterocycles. The van der Waals surface area contributed by atoms with E-state index in [0.29, 0.717) is 0 Å². The molecule has 2 nitrogen and oxygen atoms in total. The lowest BCUT2D eigenvalue weighted by Crippen LogP contribution is -2.10. The summed E-state index contributed by atoms with van der Waals surface area (Å²) in [6.45, 7) is 0. The monoisotopic (exact) mass is 845 g/mol. The minimum absolute atomic E-state index is 0.843. The first-order chi connectivity index (χ1) is 32.2. The Morgan fingerprint density at radius 1 is 0.323 bits per heavy atom. The van der Waals surface area contributed by atoms with Crippen LogP contribution in [0.3, 0.4) is 0 Å². The van der Waals surface area contributed by atoms with Gasteiger partial charge in [0.1, 0.15) is 5.58 Å². The Morgan fingerprint density at radius 2 is 0.892 bits per heavy atom. The van der Waals surface area contributed by atoms with Crippen LogP contribution in [-0.4, -0.2) is 0 Å². The molecule has 0 spiro atoms.